The highest BCUT2D eigenvalue weighted by molar-refractivity contribution is 9.09. The van der Waals surface area contributed by atoms with Gasteiger partial charge in [-0.1, -0.05) is 45.7 Å². The summed E-state index contributed by atoms with van der Waals surface area (Å²) in [4.78, 5) is -0.225. The van der Waals surface area contributed by atoms with Gasteiger partial charge in [0, 0.05) is 5.56 Å². The second-order valence-corrected chi connectivity index (χ2v) is 5.42. The number of hydrogen-bond acceptors (Lipinski definition) is 2. The topological polar surface area (TPSA) is 18.5 Å². The fourth-order valence-electron chi connectivity index (χ4n) is 1.96. The minimum atomic E-state index is -0.287. The van der Waals surface area contributed by atoms with Crippen LogP contribution in [0.1, 0.15) is 16.0 Å². The van der Waals surface area contributed by atoms with Gasteiger partial charge in [0.25, 0.3) is 0 Å². The van der Waals surface area contributed by atoms with E-state index >= 15 is 0 Å². The summed E-state index contributed by atoms with van der Waals surface area (Å²) >= 11 is 9.79. The molecule has 0 aromatic heterocycles. The summed E-state index contributed by atoms with van der Waals surface area (Å²) in [5.74, 6) is 0.758. The molecule has 1 unspecified atom stereocenters. The van der Waals surface area contributed by atoms with Crippen molar-refractivity contribution in [2.24, 2.45) is 0 Å². The molecule has 0 fully saturated rings. The molecule has 0 amide bonds. The van der Waals surface area contributed by atoms with Gasteiger partial charge in [0.15, 0.2) is 0 Å². The van der Waals surface area contributed by atoms with Crippen molar-refractivity contribution < 1.29 is 13.9 Å². The molecule has 5 heteroatoms. The molecule has 1 atom stereocenters. The van der Waals surface area contributed by atoms with E-state index in [-0.39, 0.29) is 10.6 Å². The van der Waals surface area contributed by atoms with Crippen LogP contribution in [-0.2, 0) is 0 Å². The lowest BCUT2D eigenvalue weighted by Gasteiger charge is -2.17. The molecule has 0 N–H and O–H groups in total. The van der Waals surface area contributed by atoms with Crippen molar-refractivity contribution in [3.63, 3.8) is 0 Å². The van der Waals surface area contributed by atoms with Gasteiger partial charge in [0.05, 0.1) is 19.0 Å². The molecule has 2 rings (SSSR count). The van der Waals surface area contributed by atoms with Gasteiger partial charge in [-0.15, -0.1) is 0 Å². The van der Waals surface area contributed by atoms with E-state index in [0.29, 0.717) is 16.5 Å². The summed E-state index contributed by atoms with van der Waals surface area (Å²) in [7, 11) is 3.08. The lowest BCUT2D eigenvalue weighted by Crippen LogP contribution is -1.99. The van der Waals surface area contributed by atoms with Crippen LogP contribution in [0.15, 0.2) is 36.4 Å². The zero-order valence-corrected chi connectivity index (χ0v) is 13.3. The predicted octanol–water partition coefficient (Wildman–Crippen LogP) is 4.98. The van der Waals surface area contributed by atoms with E-state index in [1.807, 2.05) is 12.1 Å². The SMILES string of the molecule is COc1ccc(C(Br)c2cccc(F)c2)c(OC)c1Cl. The molecule has 2 aromatic carbocycles. The maximum atomic E-state index is 13.3. The van der Waals surface area contributed by atoms with Crippen LogP contribution < -0.4 is 9.47 Å². The van der Waals surface area contributed by atoms with Gasteiger partial charge >= 0.3 is 0 Å². The lowest BCUT2D eigenvalue weighted by molar-refractivity contribution is 0.392. The average molecular weight is 360 g/mol. The van der Waals surface area contributed by atoms with Gasteiger partial charge in [-0.05, 0) is 23.8 Å². The number of ether oxygens (including phenoxy) is 2. The zero-order valence-electron chi connectivity index (χ0n) is 11.0. The normalized spacial score (nSPS) is 12.1. The molecule has 0 aliphatic heterocycles. The molecule has 0 bridgehead atoms. The summed E-state index contributed by atoms with van der Waals surface area (Å²) in [5, 5.41) is 0.397. The Balaban J connectivity index is 2.49. The first kappa shape index (κ1) is 15.1. The Morgan fingerprint density at radius 1 is 1.15 bits per heavy atom. The number of rotatable bonds is 4. The smallest absolute Gasteiger partial charge is 0.145 e. The molecule has 106 valence electrons. The number of hydrogen-bond donors (Lipinski definition) is 0. The van der Waals surface area contributed by atoms with Gasteiger partial charge in [-0.3, -0.25) is 0 Å². The standard InChI is InChI=1S/C15H13BrClFO2/c1-19-12-7-6-11(15(20-2)14(12)17)13(16)9-4-3-5-10(18)8-9/h3-8,13H,1-2H3. The zero-order chi connectivity index (χ0) is 14.7. The summed E-state index contributed by atoms with van der Waals surface area (Å²) in [6, 6.07) is 9.97. The third kappa shape index (κ3) is 2.91. The van der Waals surface area contributed by atoms with Crippen molar-refractivity contribution in [2.45, 2.75) is 4.83 Å². The summed E-state index contributed by atoms with van der Waals surface area (Å²) in [6.45, 7) is 0. The van der Waals surface area contributed by atoms with Crippen LogP contribution >= 0.6 is 27.5 Å². The molecule has 0 heterocycles. The van der Waals surface area contributed by atoms with Crippen LogP contribution in [0.4, 0.5) is 4.39 Å². The summed E-state index contributed by atoms with van der Waals surface area (Å²) in [6.07, 6.45) is 0. The first-order valence-corrected chi connectivity index (χ1v) is 7.17. The molecule has 0 saturated carbocycles. The highest BCUT2D eigenvalue weighted by Crippen LogP contribution is 2.44. The van der Waals surface area contributed by atoms with E-state index in [1.54, 1.807) is 19.2 Å². The predicted molar refractivity (Wildman–Crippen MR) is 81.7 cm³/mol. The average Bonchev–Trinajstić information content (AvgIpc) is 2.46. The Morgan fingerprint density at radius 3 is 2.50 bits per heavy atom. The lowest BCUT2D eigenvalue weighted by atomic mass is 10.0. The minimum Gasteiger partial charge on any atom is -0.495 e. The fourth-order valence-corrected chi connectivity index (χ4v) is 2.93. The van der Waals surface area contributed by atoms with Crippen LogP contribution in [0.2, 0.25) is 5.02 Å². The van der Waals surface area contributed by atoms with Crippen LogP contribution in [0.5, 0.6) is 11.5 Å². The number of halogens is 3. The fraction of sp³-hybridized carbons (Fsp3) is 0.200. The third-order valence-corrected chi connectivity index (χ3v) is 4.31. The Bertz CT molecular complexity index is 619. The molecular weight excluding hydrogens is 347 g/mol. The van der Waals surface area contributed by atoms with E-state index in [2.05, 4.69) is 15.9 Å². The van der Waals surface area contributed by atoms with E-state index in [9.17, 15) is 4.39 Å². The van der Waals surface area contributed by atoms with Crippen molar-refractivity contribution in [3.05, 3.63) is 58.4 Å². The van der Waals surface area contributed by atoms with Crippen LogP contribution in [0.25, 0.3) is 0 Å². The molecule has 2 aromatic rings. The second-order valence-electron chi connectivity index (χ2n) is 4.12. The number of benzene rings is 2. The first-order chi connectivity index (χ1) is 9.58. The molecule has 0 aliphatic rings. The van der Waals surface area contributed by atoms with E-state index in [1.165, 1.54) is 19.2 Å². The Kier molecular flexibility index (Phi) is 4.89. The quantitative estimate of drug-likeness (QED) is 0.717. The third-order valence-electron chi connectivity index (χ3n) is 2.93. The minimum absolute atomic E-state index is 0.225. The summed E-state index contributed by atoms with van der Waals surface area (Å²) < 4.78 is 23.8. The molecular formula is C15H13BrClFO2. The Labute approximate surface area is 130 Å². The van der Waals surface area contributed by atoms with Gasteiger partial charge in [-0.2, -0.15) is 0 Å². The highest BCUT2D eigenvalue weighted by atomic mass is 79.9. The van der Waals surface area contributed by atoms with Crippen LogP contribution in [-0.4, -0.2) is 14.2 Å². The molecule has 2 nitrogen and oxygen atoms in total. The van der Waals surface area contributed by atoms with E-state index < -0.39 is 0 Å². The van der Waals surface area contributed by atoms with Crippen molar-refractivity contribution in [2.75, 3.05) is 14.2 Å². The number of methoxy groups -OCH3 is 2. The van der Waals surface area contributed by atoms with Crippen LogP contribution in [0, 0.1) is 5.82 Å². The molecule has 0 spiro atoms. The van der Waals surface area contributed by atoms with Gasteiger partial charge in [-0.25, -0.2) is 4.39 Å². The first-order valence-electron chi connectivity index (χ1n) is 5.88. The van der Waals surface area contributed by atoms with Crippen molar-refractivity contribution in [3.8, 4) is 11.5 Å². The van der Waals surface area contributed by atoms with E-state index in [0.717, 1.165) is 11.1 Å². The molecule has 0 radical (unpaired) electrons. The van der Waals surface area contributed by atoms with E-state index in [4.69, 9.17) is 21.1 Å². The molecule has 0 aliphatic carbocycles. The van der Waals surface area contributed by atoms with Gasteiger partial charge in [0.2, 0.25) is 0 Å². The largest absolute Gasteiger partial charge is 0.495 e. The van der Waals surface area contributed by atoms with Gasteiger partial charge < -0.3 is 9.47 Å². The maximum Gasteiger partial charge on any atom is 0.145 e. The number of alkyl halides is 1. The Morgan fingerprint density at radius 2 is 1.90 bits per heavy atom. The highest BCUT2D eigenvalue weighted by Gasteiger charge is 2.20. The molecule has 0 saturated heterocycles. The molecule has 20 heavy (non-hydrogen) atoms. The van der Waals surface area contributed by atoms with Crippen LogP contribution in [0.3, 0.4) is 0 Å². The maximum absolute atomic E-state index is 13.3. The second kappa shape index (κ2) is 6.46. The monoisotopic (exact) mass is 358 g/mol. The summed E-state index contributed by atoms with van der Waals surface area (Å²) in [5.41, 5.74) is 1.59. The van der Waals surface area contributed by atoms with Crippen molar-refractivity contribution in [1.29, 1.82) is 0 Å². The van der Waals surface area contributed by atoms with Crippen molar-refractivity contribution >= 4 is 27.5 Å². The Hall–Kier alpha value is -1.26. The van der Waals surface area contributed by atoms with Gasteiger partial charge in [0.1, 0.15) is 22.3 Å². The van der Waals surface area contributed by atoms with Crippen molar-refractivity contribution in [1.82, 2.24) is 0 Å².